The van der Waals surface area contributed by atoms with E-state index in [4.69, 9.17) is 10.7 Å². The molecule has 4 aromatic rings. The number of pyridine rings is 2. The molecule has 7 heteroatoms. The van der Waals surface area contributed by atoms with Gasteiger partial charge in [0.1, 0.15) is 15.8 Å². The van der Waals surface area contributed by atoms with Crippen LogP contribution in [0.2, 0.25) is 0 Å². The monoisotopic (exact) mass is 455 g/mol. The molecule has 0 spiro atoms. The zero-order valence-corrected chi connectivity index (χ0v) is 16.0. The molecule has 0 amide bonds. The van der Waals surface area contributed by atoms with Crippen LogP contribution < -0.4 is 5.73 Å². The average Bonchev–Trinajstić information content (AvgIpc) is 2.63. The quantitative estimate of drug-likeness (QED) is 0.435. The minimum atomic E-state index is 0.228. The summed E-state index contributed by atoms with van der Waals surface area (Å²) in [6.07, 6.45) is 1.73. The van der Waals surface area contributed by atoms with E-state index in [-0.39, 0.29) is 5.95 Å². The molecule has 0 atom stereocenters. The van der Waals surface area contributed by atoms with Crippen LogP contribution in [0, 0.1) is 0 Å². The molecule has 25 heavy (non-hydrogen) atoms. The van der Waals surface area contributed by atoms with Crippen molar-refractivity contribution in [1.29, 1.82) is 0 Å². The van der Waals surface area contributed by atoms with E-state index in [0.29, 0.717) is 16.7 Å². The highest BCUT2D eigenvalue weighted by Gasteiger charge is 2.13. The van der Waals surface area contributed by atoms with Gasteiger partial charge in [-0.25, -0.2) is 19.9 Å². The van der Waals surface area contributed by atoms with E-state index in [1.165, 1.54) is 0 Å². The summed E-state index contributed by atoms with van der Waals surface area (Å²) < 4.78 is 1.60. The molecule has 0 radical (unpaired) electrons. The van der Waals surface area contributed by atoms with Crippen LogP contribution in [-0.2, 0) is 0 Å². The third kappa shape index (κ3) is 3.12. The molecule has 122 valence electrons. The van der Waals surface area contributed by atoms with Crippen LogP contribution in [0.3, 0.4) is 0 Å². The maximum absolute atomic E-state index is 5.88. The van der Waals surface area contributed by atoms with Crippen molar-refractivity contribution in [2.45, 2.75) is 0 Å². The van der Waals surface area contributed by atoms with E-state index in [2.05, 4.69) is 46.8 Å². The number of nitrogens with two attached hydrogens (primary N) is 1. The summed E-state index contributed by atoms with van der Waals surface area (Å²) in [4.78, 5) is 17.8. The zero-order chi connectivity index (χ0) is 17.4. The van der Waals surface area contributed by atoms with Crippen molar-refractivity contribution in [2.75, 3.05) is 5.73 Å². The van der Waals surface area contributed by atoms with Gasteiger partial charge in [0.25, 0.3) is 0 Å². The smallest absolute Gasteiger partial charge is 0.221 e. The number of nitrogen functional groups attached to an aromatic ring is 1. The van der Waals surface area contributed by atoms with Gasteiger partial charge in [0.05, 0.1) is 11.2 Å². The molecule has 3 heterocycles. The van der Waals surface area contributed by atoms with Crippen LogP contribution in [0.4, 0.5) is 5.95 Å². The Hall–Kier alpha value is -2.38. The van der Waals surface area contributed by atoms with Gasteiger partial charge in [-0.1, -0.05) is 30.3 Å². The topological polar surface area (TPSA) is 77.6 Å². The number of anilines is 1. The molecule has 2 N–H and O–H groups in total. The number of aromatic nitrogens is 4. The molecule has 4 rings (SSSR count). The van der Waals surface area contributed by atoms with Crippen molar-refractivity contribution in [3.8, 4) is 22.5 Å². The lowest BCUT2D eigenvalue weighted by molar-refractivity contribution is 1.20. The number of fused-ring (bicyclic) bond motifs is 1. The van der Waals surface area contributed by atoms with Gasteiger partial charge in [-0.15, -0.1) is 0 Å². The summed E-state index contributed by atoms with van der Waals surface area (Å²) in [6, 6.07) is 15.6. The van der Waals surface area contributed by atoms with Gasteiger partial charge >= 0.3 is 0 Å². The van der Waals surface area contributed by atoms with Gasteiger partial charge in [-0.2, -0.15) is 0 Å². The predicted molar refractivity (Wildman–Crippen MR) is 106 cm³/mol. The zero-order valence-electron chi connectivity index (χ0n) is 12.8. The molecule has 1 aromatic carbocycles. The van der Waals surface area contributed by atoms with Gasteiger partial charge < -0.3 is 5.73 Å². The molecule has 0 unspecified atom stereocenters. The molecule has 0 saturated heterocycles. The standard InChI is InChI=1S/C18H11Br2N5/c19-11-8-12(17(20)22-9-11)13-6-7-14-16(23-13)15(25-18(21)24-14)10-4-2-1-3-5-10/h1-9H,(H2,21,24,25). The van der Waals surface area contributed by atoms with E-state index in [1.807, 2.05) is 48.5 Å². The Morgan fingerprint density at radius 2 is 1.68 bits per heavy atom. The first-order chi connectivity index (χ1) is 12.1. The van der Waals surface area contributed by atoms with Crippen molar-refractivity contribution >= 4 is 48.8 Å². The fourth-order valence-corrected chi connectivity index (χ4v) is 3.33. The van der Waals surface area contributed by atoms with Gasteiger partial charge in [-0.3, -0.25) is 0 Å². The van der Waals surface area contributed by atoms with Gasteiger partial charge in [0.2, 0.25) is 5.95 Å². The second kappa shape index (κ2) is 6.50. The second-order valence-corrected chi connectivity index (χ2v) is 7.02. The van der Waals surface area contributed by atoms with Gasteiger partial charge in [0, 0.05) is 21.8 Å². The summed E-state index contributed by atoms with van der Waals surface area (Å²) >= 11 is 6.93. The van der Waals surface area contributed by atoms with E-state index in [1.54, 1.807) is 6.20 Å². The third-order valence-electron chi connectivity index (χ3n) is 3.69. The molecule has 0 aliphatic carbocycles. The fraction of sp³-hybridized carbons (Fsp3) is 0. The summed E-state index contributed by atoms with van der Waals surface area (Å²) in [5.41, 5.74) is 10.6. The van der Waals surface area contributed by atoms with Crippen molar-refractivity contribution in [3.63, 3.8) is 0 Å². The fourth-order valence-electron chi connectivity index (χ4n) is 2.58. The Labute approximate surface area is 160 Å². The normalized spacial score (nSPS) is 11.0. The lowest BCUT2D eigenvalue weighted by atomic mass is 10.1. The molecule has 0 aliphatic heterocycles. The Morgan fingerprint density at radius 3 is 2.48 bits per heavy atom. The Balaban J connectivity index is 1.99. The number of hydrogen-bond donors (Lipinski definition) is 1. The lowest BCUT2D eigenvalue weighted by Gasteiger charge is -2.09. The molecular weight excluding hydrogens is 446 g/mol. The maximum Gasteiger partial charge on any atom is 0.221 e. The van der Waals surface area contributed by atoms with Crippen molar-refractivity contribution < 1.29 is 0 Å². The van der Waals surface area contributed by atoms with Crippen LogP contribution in [0.15, 0.2) is 63.8 Å². The van der Waals surface area contributed by atoms with Crippen LogP contribution in [0.1, 0.15) is 0 Å². The highest BCUT2D eigenvalue weighted by atomic mass is 79.9. The Bertz CT molecular complexity index is 1080. The van der Waals surface area contributed by atoms with Crippen LogP contribution in [0.25, 0.3) is 33.5 Å². The maximum atomic E-state index is 5.88. The largest absolute Gasteiger partial charge is 0.368 e. The number of benzene rings is 1. The number of halogens is 2. The molecule has 0 aliphatic rings. The summed E-state index contributed by atoms with van der Waals surface area (Å²) in [5, 5.41) is 0. The molecule has 0 bridgehead atoms. The average molecular weight is 457 g/mol. The Morgan fingerprint density at radius 1 is 0.880 bits per heavy atom. The predicted octanol–water partition coefficient (Wildman–Crippen LogP) is 4.86. The van der Waals surface area contributed by atoms with E-state index >= 15 is 0 Å². The van der Waals surface area contributed by atoms with Crippen LogP contribution >= 0.6 is 31.9 Å². The van der Waals surface area contributed by atoms with E-state index in [9.17, 15) is 0 Å². The number of rotatable bonds is 2. The molecule has 5 nitrogen and oxygen atoms in total. The highest BCUT2D eigenvalue weighted by molar-refractivity contribution is 9.11. The first kappa shape index (κ1) is 16.1. The summed E-state index contributed by atoms with van der Waals surface area (Å²) in [7, 11) is 0. The van der Waals surface area contributed by atoms with E-state index < -0.39 is 0 Å². The van der Waals surface area contributed by atoms with Crippen molar-refractivity contribution in [3.05, 3.63) is 63.8 Å². The SMILES string of the molecule is Nc1nc(-c2ccccc2)c2nc(-c3cc(Br)cnc3Br)ccc2n1. The highest BCUT2D eigenvalue weighted by Crippen LogP contribution is 2.31. The van der Waals surface area contributed by atoms with Gasteiger partial charge in [0.15, 0.2) is 0 Å². The summed E-state index contributed by atoms with van der Waals surface area (Å²) in [5.74, 6) is 0.228. The molecule has 0 saturated carbocycles. The number of nitrogens with zero attached hydrogens (tertiary/aromatic N) is 4. The first-order valence-electron chi connectivity index (χ1n) is 7.43. The van der Waals surface area contributed by atoms with Crippen molar-refractivity contribution in [2.24, 2.45) is 0 Å². The number of hydrogen-bond acceptors (Lipinski definition) is 5. The van der Waals surface area contributed by atoms with Gasteiger partial charge in [-0.05, 0) is 50.1 Å². The molecular formula is C18H11Br2N5. The Kier molecular flexibility index (Phi) is 4.19. The second-order valence-electron chi connectivity index (χ2n) is 5.35. The molecule has 3 aromatic heterocycles. The van der Waals surface area contributed by atoms with Crippen LogP contribution in [0.5, 0.6) is 0 Å². The third-order valence-corrected chi connectivity index (χ3v) is 4.75. The summed E-state index contributed by atoms with van der Waals surface area (Å²) in [6.45, 7) is 0. The minimum absolute atomic E-state index is 0.228. The van der Waals surface area contributed by atoms with Crippen molar-refractivity contribution in [1.82, 2.24) is 19.9 Å². The minimum Gasteiger partial charge on any atom is -0.368 e. The first-order valence-corrected chi connectivity index (χ1v) is 9.01. The van der Waals surface area contributed by atoms with E-state index in [0.717, 1.165) is 25.9 Å². The molecule has 0 fully saturated rings. The van der Waals surface area contributed by atoms with Crippen LogP contribution in [-0.4, -0.2) is 19.9 Å². The lowest BCUT2D eigenvalue weighted by Crippen LogP contribution is -2.00.